The number of benzene rings is 1. The van der Waals surface area contributed by atoms with Gasteiger partial charge in [-0.2, -0.15) is 0 Å². The van der Waals surface area contributed by atoms with Crippen LogP contribution in [0.5, 0.6) is 11.5 Å². The second kappa shape index (κ2) is 15.8. The predicted octanol–water partition coefficient (Wildman–Crippen LogP) is 6.05. The highest BCUT2D eigenvalue weighted by atomic mass is 31.2. The van der Waals surface area contributed by atoms with Gasteiger partial charge in [0.25, 0.3) is 0 Å². The Bertz CT molecular complexity index is 946. The number of rotatable bonds is 12. The highest BCUT2D eigenvalue weighted by Gasteiger charge is 2.31. The van der Waals surface area contributed by atoms with Crippen molar-refractivity contribution in [2.24, 2.45) is 5.92 Å². The van der Waals surface area contributed by atoms with Gasteiger partial charge < -0.3 is 37.2 Å². The molecular weight excluding hydrogens is 485 g/mol. The SMILES string of the molecule is C=C(C)[C@@H]1CCC(C)=C[C@H]1c1c(O)cc(CCCCC)cc1OC(=O)NCCCOP(=O)(O)O.N.N. The Morgan fingerprint density at radius 1 is 1.22 bits per heavy atom. The summed E-state index contributed by atoms with van der Waals surface area (Å²) in [4.78, 5) is 30.0. The number of allylic oxidation sites excluding steroid dienone is 3. The molecule has 1 aromatic rings. The van der Waals surface area contributed by atoms with Crippen molar-refractivity contribution >= 4 is 13.9 Å². The van der Waals surface area contributed by atoms with Gasteiger partial charge in [-0.15, -0.1) is 0 Å². The molecule has 0 radical (unpaired) electrons. The molecule has 206 valence electrons. The summed E-state index contributed by atoms with van der Waals surface area (Å²) in [6.45, 7) is 10.2. The van der Waals surface area contributed by atoms with Gasteiger partial charge in [-0.1, -0.05) is 43.6 Å². The van der Waals surface area contributed by atoms with Crippen LogP contribution in [0.4, 0.5) is 4.79 Å². The molecule has 0 spiro atoms. The Balaban J connectivity index is 0.00000612. The summed E-state index contributed by atoms with van der Waals surface area (Å²) in [6.07, 6.45) is 7.37. The third-order valence-corrected chi connectivity index (χ3v) is 6.53. The van der Waals surface area contributed by atoms with E-state index in [1.54, 1.807) is 6.07 Å². The first-order valence-electron chi connectivity index (χ1n) is 11.9. The van der Waals surface area contributed by atoms with Crippen molar-refractivity contribution in [1.82, 2.24) is 17.6 Å². The van der Waals surface area contributed by atoms with Crippen LogP contribution in [0.15, 0.2) is 35.9 Å². The second-order valence-corrected chi connectivity index (χ2v) is 10.2. The Morgan fingerprint density at radius 2 is 1.92 bits per heavy atom. The second-order valence-electron chi connectivity index (χ2n) is 9.01. The van der Waals surface area contributed by atoms with Crippen molar-refractivity contribution in [2.45, 2.75) is 71.6 Å². The summed E-state index contributed by atoms with van der Waals surface area (Å²) in [5, 5.41) is 13.6. The number of phosphoric ester groups is 1. The molecule has 2 rings (SSSR count). The molecular formula is C25H44N3O7P. The quantitative estimate of drug-likeness (QED) is 0.106. The van der Waals surface area contributed by atoms with Gasteiger partial charge in [0.05, 0.1) is 6.61 Å². The van der Waals surface area contributed by atoms with Crippen LogP contribution in [0.2, 0.25) is 0 Å². The molecule has 11 heteroatoms. The van der Waals surface area contributed by atoms with E-state index in [1.165, 1.54) is 5.57 Å². The van der Waals surface area contributed by atoms with E-state index in [-0.39, 0.29) is 49.5 Å². The molecule has 0 heterocycles. The maximum atomic E-state index is 12.5. The number of nitrogens with one attached hydrogen (secondary N) is 1. The zero-order chi connectivity index (χ0) is 25.3. The molecule has 0 saturated carbocycles. The van der Waals surface area contributed by atoms with Gasteiger partial charge in [0, 0.05) is 18.0 Å². The number of carbonyl (C=O) groups excluding carboxylic acids is 1. The van der Waals surface area contributed by atoms with E-state index in [0.29, 0.717) is 11.3 Å². The number of hydrogen-bond donors (Lipinski definition) is 6. The smallest absolute Gasteiger partial charge is 0.469 e. The summed E-state index contributed by atoms with van der Waals surface area (Å²) in [5.41, 5.74) is 3.71. The number of phosphoric acid groups is 1. The van der Waals surface area contributed by atoms with Gasteiger partial charge in [0.15, 0.2) is 0 Å². The number of unbranched alkanes of at least 4 members (excludes halogenated alkanes) is 2. The Kier molecular flexibility index (Phi) is 14.8. The van der Waals surface area contributed by atoms with E-state index >= 15 is 0 Å². The summed E-state index contributed by atoms with van der Waals surface area (Å²) >= 11 is 0. The summed E-state index contributed by atoms with van der Waals surface area (Å²) in [6, 6.07) is 3.59. The van der Waals surface area contributed by atoms with E-state index in [2.05, 4.69) is 36.3 Å². The minimum Gasteiger partial charge on any atom is -0.507 e. The van der Waals surface area contributed by atoms with Crippen molar-refractivity contribution in [3.8, 4) is 11.5 Å². The Morgan fingerprint density at radius 3 is 2.53 bits per heavy atom. The maximum Gasteiger partial charge on any atom is 0.469 e. The van der Waals surface area contributed by atoms with Crippen LogP contribution in [0.25, 0.3) is 0 Å². The first kappa shape index (κ1) is 33.8. The minimum absolute atomic E-state index is 0. The number of amides is 1. The lowest BCUT2D eigenvalue weighted by Gasteiger charge is -2.32. The number of hydrogen-bond acceptors (Lipinski definition) is 7. The zero-order valence-electron chi connectivity index (χ0n) is 21.8. The van der Waals surface area contributed by atoms with Crippen LogP contribution in [-0.4, -0.2) is 34.1 Å². The molecule has 2 atom stereocenters. The number of carbonyl (C=O) groups is 1. The first-order valence-corrected chi connectivity index (χ1v) is 13.4. The molecule has 10 N–H and O–H groups in total. The number of phenols is 1. The fraction of sp³-hybridized carbons (Fsp3) is 0.560. The standard InChI is InChI=1S/C25H38NO7P.2H3N/c1-5-6-7-9-19-15-22(27)24(21-14-18(4)10-11-20(21)17(2)3)23(16-19)33-25(28)26-12-8-13-32-34(29,30)31;;/h14-16,20-21,27H,2,5-13H2,1,3-4H3,(H,26,28)(H2,29,30,31);2*1H3/t20-,21+;;/m0../s1. The van der Waals surface area contributed by atoms with Gasteiger partial charge >= 0.3 is 13.9 Å². The number of aryl methyl sites for hydroxylation is 1. The largest absolute Gasteiger partial charge is 0.507 e. The van der Waals surface area contributed by atoms with Crippen LogP contribution in [0, 0.1) is 5.92 Å². The van der Waals surface area contributed by atoms with E-state index < -0.39 is 13.9 Å². The molecule has 1 aliphatic carbocycles. The third-order valence-electron chi connectivity index (χ3n) is 6.02. The molecule has 0 aliphatic heterocycles. The fourth-order valence-electron chi connectivity index (χ4n) is 4.30. The first-order chi connectivity index (χ1) is 16.0. The maximum absolute atomic E-state index is 12.5. The van der Waals surface area contributed by atoms with Crippen molar-refractivity contribution in [3.63, 3.8) is 0 Å². The molecule has 0 unspecified atom stereocenters. The Hall–Kier alpha value is -2.20. The van der Waals surface area contributed by atoms with Crippen LogP contribution in [0.1, 0.15) is 76.3 Å². The van der Waals surface area contributed by atoms with Gasteiger partial charge in [-0.05, 0) is 69.6 Å². The lowest BCUT2D eigenvalue weighted by Crippen LogP contribution is -2.29. The molecule has 1 aromatic carbocycles. The monoisotopic (exact) mass is 529 g/mol. The normalized spacial score (nSPS) is 17.3. The van der Waals surface area contributed by atoms with Gasteiger partial charge in [0.1, 0.15) is 11.5 Å². The van der Waals surface area contributed by atoms with Crippen LogP contribution >= 0.6 is 7.82 Å². The van der Waals surface area contributed by atoms with Crippen molar-refractivity contribution in [1.29, 1.82) is 0 Å². The van der Waals surface area contributed by atoms with E-state index in [1.807, 2.05) is 13.0 Å². The number of aromatic hydroxyl groups is 1. The average Bonchev–Trinajstić information content (AvgIpc) is 2.72. The van der Waals surface area contributed by atoms with Crippen LogP contribution in [-0.2, 0) is 15.5 Å². The highest BCUT2D eigenvalue weighted by Crippen LogP contribution is 2.47. The summed E-state index contributed by atoms with van der Waals surface area (Å²) < 4.78 is 20.8. The lowest BCUT2D eigenvalue weighted by molar-refractivity contribution is 0.189. The van der Waals surface area contributed by atoms with Gasteiger partial charge in [-0.3, -0.25) is 4.52 Å². The molecule has 1 aliphatic rings. The lowest BCUT2D eigenvalue weighted by atomic mass is 9.73. The zero-order valence-corrected chi connectivity index (χ0v) is 22.7. The minimum atomic E-state index is -4.53. The average molecular weight is 530 g/mol. The van der Waals surface area contributed by atoms with Crippen LogP contribution < -0.4 is 22.4 Å². The predicted molar refractivity (Wildman–Crippen MR) is 142 cm³/mol. The molecule has 0 saturated heterocycles. The molecule has 36 heavy (non-hydrogen) atoms. The topological polar surface area (TPSA) is 195 Å². The fourth-order valence-corrected chi connectivity index (χ4v) is 4.67. The highest BCUT2D eigenvalue weighted by molar-refractivity contribution is 7.46. The Labute approximate surface area is 214 Å². The van der Waals surface area contributed by atoms with Gasteiger partial charge in [0.2, 0.25) is 0 Å². The molecule has 0 aromatic heterocycles. The van der Waals surface area contributed by atoms with Crippen LogP contribution in [0.3, 0.4) is 0 Å². The van der Waals surface area contributed by atoms with Crippen molar-refractivity contribution < 1.29 is 33.5 Å². The molecule has 0 bridgehead atoms. The van der Waals surface area contributed by atoms with E-state index in [0.717, 1.165) is 49.7 Å². The van der Waals surface area contributed by atoms with Crippen molar-refractivity contribution in [2.75, 3.05) is 13.2 Å². The third kappa shape index (κ3) is 10.8. The summed E-state index contributed by atoms with van der Waals surface area (Å²) in [7, 11) is -4.53. The molecule has 1 amide bonds. The van der Waals surface area contributed by atoms with Gasteiger partial charge in [-0.25, -0.2) is 9.36 Å². The van der Waals surface area contributed by atoms with E-state index in [4.69, 9.17) is 14.5 Å². The molecule has 10 nitrogen and oxygen atoms in total. The number of phenolic OH excluding ortho intramolecular Hbond substituents is 1. The molecule has 0 fully saturated rings. The number of ether oxygens (including phenoxy) is 1. The van der Waals surface area contributed by atoms with E-state index in [9.17, 15) is 14.5 Å². The summed E-state index contributed by atoms with van der Waals surface area (Å²) in [5.74, 6) is 0.387. The van der Waals surface area contributed by atoms with Crippen molar-refractivity contribution in [3.05, 3.63) is 47.1 Å².